The average molecular weight is 280 g/mol. The van der Waals surface area contributed by atoms with Crippen LogP contribution in [-0.2, 0) is 6.54 Å². The van der Waals surface area contributed by atoms with Gasteiger partial charge in [0.25, 0.3) is 0 Å². The van der Waals surface area contributed by atoms with E-state index in [9.17, 15) is 4.39 Å². The first-order valence-corrected chi connectivity index (χ1v) is 6.92. The maximum Gasteiger partial charge on any atom is 0.191 e. The lowest BCUT2D eigenvalue weighted by atomic mass is 10.2. The van der Waals surface area contributed by atoms with Crippen LogP contribution in [0, 0.1) is 5.82 Å². The largest absolute Gasteiger partial charge is 0.355 e. The molecule has 0 spiro atoms. The van der Waals surface area contributed by atoms with Crippen molar-refractivity contribution in [1.29, 1.82) is 0 Å². The van der Waals surface area contributed by atoms with Crippen molar-refractivity contribution >= 4 is 5.96 Å². The fourth-order valence-corrected chi connectivity index (χ4v) is 1.66. The monoisotopic (exact) mass is 280 g/mol. The minimum absolute atomic E-state index is 0.217. The van der Waals surface area contributed by atoms with Crippen LogP contribution < -0.4 is 10.6 Å². The van der Waals surface area contributed by atoms with Gasteiger partial charge in [-0.05, 0) is 38.6 Å². The third-order valence-corrected chi connectivity index (χ3v) is 3.21. The molecule has 0 aliphatic heterocycles. The molecule has 4 nitrogen and oxygen atoms in total. The first-order chi connectivity index (χ1) is 9.52. The van der Waals surface area contributed by atoms with Crippen molar-refractivity contribution in [3.63, 3.8) is 0 Å². The maximum absolute atomic E-state index is 13.1. The summed E-state index contributed by atoms with van der Waals surface area (Å²) in [5.41, 5.74) is 0.896. The van der Waals surface area contributed by atoms with Crippen molar-refractivity contribution in [1.82, 2.24) is 15.5 Å². The summed E-state index contributed by atoms with van der Waals surface area (Å²) in [6.45, 7) is 6.64. The molecule has 0 bridgehead atoms. The average Bonchev–Trinajstić information content (AvgIpc) is 2.42. The molecule has 0 amide bonds. The molecule has 20 heavy (non-hydrogen) atoms. The lowest BCUT2D eigenvalue weighted by Gasteiger charge is -2.21. The van der Waals surface area contributed by atoms with E-state index < -0.39 is 0 Å². The van der Waals surface area contributed by atoms with Crippen LogP contribution >= 0.6 is 0 Å². The summed E-state index contributed by atoms with van der Waals surface area (Å²) < 4.78 is 13.1. The van der Waals surface area contributed by atoms with Crippen molar-refractivity contribution in [3.05, 3.63) is 35.6 Å². The van der Waals surface area contributed by atoms with Gasteiger partial charge < -0.3 is 15.5 Å². The van der Waals surface area contributed by atoms with Gasteiger partial charge in [-0.1, -0.05) is 12.1 Å². The molecule has 1 rings (SSSR count). The van der Waals surface area contributed by atoms with Crippen molar-refractivity contribution in [2.24, 2.45) is 4.99 Å². The van der Waals surface area contributed by atoms with E-state index in [2.05, 4.69) is 41.4 Å². The normalized spacial score (nSPS) is 12.1. The van der Waals surface area contributed by atoms with Gasteiger partial charge in [0.15, 0.2) is 5.96 Å². The number of benzene rings is 1. The Morgan fingerprint density at radius 3 is 2.70 bits per heavy atom. The highest BCUT2D eigenvalue weighted by atomic mass is 19.1. The van der Waals surface area contributed by atoms with Gasteiger partial charge in [0.05, 0.1) is 0 Å². The van der Waals surface area contributed by atoms with Gasteiger partial charge in [-0.3, -0.25) is 4.99 Å². The molecule has 5 heteroatoms. The number of nitrogens with zero attached hydrogens (tertiary/aromatic N) is 2. The Balaban J connectivity index is 2.33. The third kappa shape index (κ3) is 6.02. The van der Waals surface area contributed by atoms with Crippen LogP contribution in [0.3, 0.4) is 0 Å². The zero-order valence-corrected chi connectivity index (χ0v) is 12.8. The summed E-state index contributed by atoms with van der Waals surface area (Å²) in [5, 5.41) is 6.41. The Labute approximate surface area is 121 Å². The Kier molecular flexibility index (Phi) is 7.01. The Bertz CT molecular complexity index is 432. The molecule has 112 valence electrons. The van der Waals surface area contributed by atoms with E-state index in [1.807, 2.05) is 6.07 Å². The molecule has 0 unspecified atom stereocenters. The molecule has 0 aliphatic rings. The van der Waals surface area contributed by atoms with Crippen LogP contribution in [0.1, 0.15) is 19.4 Å². The lowest BCUT2D eigenvalue weighted by Crippen LogP contribution is -2.41. The highest BCUT2D eigenvalue weighted by Crippen LogP contribution is 2.02. The minimum Gasteiger partial charge on any atom is -0.355 e. The van der Waals surface area contributed by atoms with E-state index in [1.165, 1.54) is 12.1 Å². The molecule has 0 saturated heterocycles. The van der Waals surface area contributed by atoms with Gasteiger partial charge in [-0.2, -0.15) is 0 Å². The number of nitrogens with one attached hydrogen (secondary N) is 2. The molecule has 0 aromatic heterocycles. The highest BCUT2D eigenvalue weighted by molar-refractivity contribution is 5.79. The van der Waals surface area contributed by atoms with Crippen LogP contribution in [0.15, 0.2) is 29.3 Å². The Morgan fingerprint density at radius 2 is 2.10 bits per heavy atom. The number of aliphatic imine (C=N–C) groups is 1. The SMILES string of the molecule is CN=C(NCCN(C)C(C)C)NCc1cccc(F)c1. The van der Waals surface area contributed by atoms with Gasteiger partial charge in [0.2, 0.25) is 0 Å². The standard InChI is InChI=1S/C15H25FN4/c1-12(2)20(4)9-8-18-15(17-3)19-11-13-6-5-7-14(16)10-13/h5-7,10,12H,8-9,11H2,1-4H3,(H2,17,18,19). The second-order valence-corrected chi connectivity index (χ2v) is 5.06. The zero-order chi connectivity index (χ0) is 15.0. The van der Waals surface area contributed by atoms with E-state index >= 15 is 0 Å². The summed E-state index contributed by atoms with van der Waals surface area (Å²) in [6.07, 6.45) is 0. The van der Waals surface area contributed by atoms with Gasteiger partial charge >= 0.3 is 0 Å². The lowest BCUT2D eigenvalue weighted by molar-refractivity contribution is 0.278. The molecule has 1 aromatic carbocycles. The van der Waals surface area contributed by atoms with Crippen molar-refractivity contribution < 1.29 is 4.39 Å². The van der Waals surface area contributed by atoms with Crippen LogP contribution in [0.2, 0.25) is 0 Å². The van der Waals surface area contributed by atoms with Crippen LogP contribution in [0.25, 0.3) is 0 Å². The molecule has 0 saturated carbocycles. The fraction of sp³-hybridized carbons (Fsp3) is 0.533. The van der Waals surface area contributed by atoms with Crippen LogP contribution in [0.4, 0.5) is 4.39 Å². The Hall–Kier alpha value is -1.62. The summed E-state index contributed by atoms with van der Waals surface area (Å²) in [7, 11) is 3.82. The summed E-state index contributed by atoms with van der Waals surface area (Å²) in [6, 6.07) is 7.08. The van der Waals surface area contributed by atoms with E-state index in [4.69, 9.17) is 0 Å². The quantitative estimate of drug-likeness (QED) is 0.617. The molecule has 1 aromatic rings. The van der Waals surface area contributed by atoms with Gasteiger partial charge in [0.1, 0.15) is 5.82 Å². The number of hydrogen-bond donors (Lipinski definition) is 2. The van der Waals surface area contributed by atoms with Crippen LogP contribution in [-0.4, -0.2) is 44.1 Å². The molecule has 0 radical (unpaired) electrons. The number of rotatable bonds is 6. The second-order valence-electron chi connectivity index (χ2n) is 5.06. The van der Waals surface area contributed by atoms with E-state index in [0.717, 1.165) is 24.6 Å². The van der Waals surface area contributed by atoms with Gasteiger partial charge in [-0.25, -0.2) is 4.39 Å². The van der Waals surface area contributed by atoms with Gasteiger partial charge in [-0.15, -0.1) is 0 Å². The summed E-state index contributed by atoms with van der Waals surface area (Å²) in [4.78, 5) is 6.41. The predicted molar refractivity (Wildman–Crippen MR) is 82.4 cm³/mol. The number of likely N-dealkylation sites (N-methyl/N-ethyl adjacent to an activating group) is 1. The maximum atomic E-state index is 13.1. The summed E-state index contributed by atoms with van der Waals surface area (Å²) in [5.74, 6) is 0.511. The number of guanidine groups is 1. The Morgan fingerprint density at radius 1 is 1.35 bits per heavy atom. The number of hydrogen-bond acceptors (Lipinski definition) is 2. The topological polar surface area (TPSA) is 39.7 Å². The molecule has 0 heterocycles. The van der Waals surface area contributed by atoms with Crippen molar-refractivity contribution in [3.8, 4) is 0 Å². The molecular weight excluding hydrogens is 255 g/mol. The summed E-state index contributed by atoms with van der Waals surface area (Å²) >= 11 is 0. The van der Waals surface area contributed by atoms with Crippen molar-refractivity contribution in [2.75, 3.05) is 27.2 Å². The van der Waals surface area contributed by atoms with E-state index in [-0.39, 0.29) is 5.82 Å². The predicted octanol–water partition coefficient (Wildman–Crippen LogP) is 1.83. The second kappa shape index (κ2) is 8.53. The van der Waals surface area contributed by atoms with Gasteiger partial charge in [0, 0.05) is 32.7 Å². The van der Waals surface area contributed by atoms with E-state index in [1.54, 1.807) is 13.1 Å². The minimum atomic E-state index is -0.217. The fourth-order valence-electron chi connectivity index (χ4n) is 1.66. The molecule has 0 aliphatic carbocycles. The highest BCUT2D eigenvalue weighted by Gasteiger charge is 2.03. The van der Waals surface area contributed by atoms with Crippen LogP contribution in [0.5, 0.6) is 0 Å². The molecule has 2 N–H and O–H groups in total. The first-order valence-electron chi connectivity index (χ1n) is 6.92. The number of halogens is 1. The molecular formula is C15H25FN4. The smallest absolute Gasteiger partial charge is 0.191 e. The van der Waals surface area contributed by atoms with E-state index in [0.29, 0.717) is 12.6 Å². The zero-order valence-electron chi connectivity index (χ0n) is 12.8. The molecule has 0 atom stereocenters. The van der Waals surface area contributed by atoms with Crippen molar-refractivity contribution in [2.45, 2.75) is 26.4 Å². The third-order valence-electron chi connectivity index (χ3n) is 3.21. The first kappa shape index (κ1) is 16.4. The molecule has 0 fully saturated rings.